The van der Waals surface area contributed by atoms with Crippen LogP contribution in [0.2, 0.25) is 0 Å². The number of benzene rings is 1. The van der Waals surface area contributed by atoms with Crippen LogP contribution in [-0.4, -0.2) is 48.1 Å². The molecule has 9 nitrogen and oxygen atoms in total. The van der Waals surface area contributed by atoms with Crippen LogP contribution in [0.15, 0.2) is 24.3 Å². The van der Waals surface area contributed by atoms with Gasteiger partial charge in [0.2, 0.25) is 5.75 Å². The monoisotopic (exact) mass is 387 g/mol. The maximum Gasteiger partial charge on any atom is 0.406 e. The van der Waals surface area contributed by atoms with Crippen molar-refractivity contribution >= 4 is 11.7 Å². The van der Waals surface area contributed by atoms with E-state index in [1.54, 1.807) is 32.1 Å². The van der Waals surface area contributed by atoms with Gasteiger partial charge in [0.05, 0.1) is 14.2 Å². The fraction of sp³-hybridized carbons (Fsp3) is 0.368. The molecule has 2 heterocycles. The van der Waals surface area contributed by atoms with Crippen LogP contribution in [0.4, 0.5) is 5.82 Å². The lowest BCUT2D eigenvalue weighted by Gasteiger charge is -2.29. The van der Waals surface area contributed by atoms with E-state index < -0.39 is 10.7 Å². The first-order valence-corrected chi connectivity index (χ1v) is 8.69. The lowest BCUT2D eigenvalue weighted by molar-refractivity contribution is -0.390. The Labute approximate surface area is 162 Å². The summed E-state index contributed by atoms with van der Waals surface area (Å²) in [6, 6.07) is 6.84. The lowest BCUT2D eigenvalue weighted by Crippen LogP contribution is -2.38. The Morgan fingerprint density at radius 1 is 1.18 bits per heavy atom. The number of amides is 1. The van der Waals surface area contributed by atoms with Crippen LogP contribution >= 0.6 is 0 Å². The zero-order valence-corrected chi connectivity index (χ0v) is 15.9. The number of ether oxygens (including phenoxy) is 3. The van der Waals surface area contributed by atoms with Crippen molar-refractivity contribution in [2.24, 2.45) is 0 Å². The molecule has 148 valence electrons. The molecule has 1 aliphatic heterocycles. The number of nitrogens with zero attached hydrogens (tertiary/aromatic N) is 3. The maximum atomic E-state index is 12.6. The number of aryl methyl sites for hydroxylation is 1. The van der Waals surface area contributed by atoms with E-state index in [4.69, 9.17) is 14.2 Å². The summed E-state index contributed by atoms with van der Waals surface area (Å²) >= 11 is 0. The van der Waals surface area contributed by atoms with Crippen LogP contribution < -0.4 is 14.2 Å². The highest BCUT2D eigenvalue weighted by Crippen LogP contribution is 2.33. The molecule has 2 aromatic rings. The number of pyridine rings is 1. The number of hydrogen-bond acceptors (Lipinski definition) is 7. The molecule has 0 N–H and O–H groups in total. The third-order valence-electron chi connectivity index (χ3n) is 4.57. The molecule has 0 bridgehead atoms. The highest BCUT2D eigenvalue weighted by Gasteiger charge is 2.24. The van der Waals surface area contributed by atoms with Crippen LogP contribution in [0.25, 0.3) is 0 Å². The van der Waals surface area contributed by atoms with Crippen LogP contribution in [-0.2, 0) is 17.8 Å². The van der Waals surface area contributed by atoms with Gasteiger partial charge in [-0.25, -0.2) is 0 Å². The van der Waals surface area contributed by atoms with Gasteiger partial charge in [-0.3, -0.25) is 4.79 Å². The van der Waals surface area contributed by atoms with Crippen LogP contribution in [0, 0.1) is 17.0 Å². The Hall–Kier alpha value is -3.36. The zero-order valence-electron chi connectivity index (χ0n) is 15.9. The second kappa shape index (κ2) is 8.12. The van der Waals surface area contributed by atoms with Gasteiger partial charge in [0.15, 0.2) is 18.1 Å². The summed E-state index contributed by atoms with van der Waals surface area (Å²) in [7, 11) is 3.14. The fourth-order valence-corrected chi connectivity index (χ4v) is 3.10. The molecule has 0 fully saturated rings. The summed E-state index contributed by atoms with van der Waals surface area (Å²) < 4.78 is 16.0. The van der Waals surface area contributed by atoms with Crippen molar-refractivity contribution in [3.05, 3.63) is 51.2 Å². The Kier molecular flexibility index (Phi) is 5.62. The molecule has 3 rings (SSSR count). The molecule has 1 aliphatic rings. The van der Waals surface area contributed by atoms with Gasteiger partial charge in [-0.2, -0.15) is 0 Å². The van der Waals surface area contributed by atoms with Crippen LogP contribution in [0.3, 0.4) is 0 Å². The smallest absolute Gasteiger partial charge is 0.406 e. The fourth-order valence-electron chi connectivity index (χ4n) is 3.10. The summed E-state index contributed by atoms with van der Waals surface area (Å²) in [4.78, 5) is 28.6. The lowest BCUT2D eigenvalue weighted by atomic mass is 9.99. The van der Waals surface area contributed by atoms with Crippen molar-refractivity contribution in [2.75, 3.05) is 27.4 Å². The molecule has 9 heteroatoms. The van der Waals surface area contributed by atoms with E-state index in [-0.39, 0.29) is 18.3 Å². The van der Waals surface area contributed by atoms with E-state index in [1.807, 2.05) is 12.1 Å². The maximum absolute atomic E-state index is 12.6. The SMILES string of the molecule is COc1cc2c(cc1OC)CN(C(=O)COc1ccc(C)nc1[N+](=O)[O-])CC2. The second-order valence-corrected chi connectivity index (χ2v) is 6.36. The molecule has 28 heavy (non-hydrogen) atoms. The van der Waals surface area contributed by atoms with E-state index in [0.29, 0.717) is 36.7 Å². The predicted molar refractivity (Wildman–Crippen MR) is 99.8 cm³/mol. The number of hydrogen-bond donors (Lipinski definition) is 0. The topological polar surface area (TPSA) is 104 Å². The first-order valence-electron chi connectivity index (χ1n) is 8.69. The van der Waals surface area contributed by atoms with Gasteiger partial charge in [0.1, 0.15) is 5.69 Å². The summed E-state index contributed by atoms with van der Waals surface area (Å²) in [5.41, 5.74) is 2.57. The second-order valence-electron chi connectivity index (χ2n) is 6.36. The van der Waals surface area contributed by atoms with Gasteiger partial charge in [0.25, 0.3) is 5.91 Å². The first kappa shape index (κ1) is 19.4. The molecular weight excluding hydrogens is 366 g/mol. The average Bonchev–Trinajstić information content (AvgIpc) is 2.70. The summed E-state index contributed by atoms with van der Waals surface area (Å²) in [5.74, 6) is 0.591. The summed E-state index contributed by atoms with van der Waals surface area (Å²) in [5, 5.41) is 11.1. The number of nitro groups is 1. The van der Waals surface area contributed by atoms with Gasteiger partial charge >= 0.3 is 5.82 Å². The van der Waals surface area contributed by atoms with E-state index >= 15 is 0 Å². The molecule has 1 aromatic heterocycles. The molecule has 0 atom stereocenters. The Morgan fingerprint density at radius 3 is 2.50 bits per heavy atom. The molecule has 0 spiro atoms. The number of rotatable bonds is 6. The summed E-state index contributed by atoms with van der Waals surface area (Å²) in [6.07, 6.45) is 0.674. The Bertz CT molecular complexity index is 915. The average molecular weight is 387 g/mol. The molecule has 0 saturated carbocycles. The largest absolute Gasteiger partial charge is 0.493 e. The molecule has 0 saturated heterocycles. The molecule has 1 amide bonds. The minimum Gasteiger partial charge on any atom is -0.493 e. The standard InChI is InChI=1S/C19H21N3O6/c1-12-4-5-15(19(20-12)22(24)25)28-11-18(23)21-7-6-13-8-16(26-2)17(27-3)9-14(13)10-21/h4-5,8-9H,6-7,10-11H2,1-3H3. The molecule has 0 unspecified atom stereocenters. The van der Waals surface area contributed by atoms with Gasteiger partial charge in [-0.05, 0) is 51.7 Å². The zero-order chi connectivity index (χ0) is 20.3. The minimum absolute atomic E-state index is 0.0206. The third-order valence-corrected chi connectivity index (χ3v) is 4.57. The van der Waals surface area contributed by atoms with E-state index in [9.17, 15) is 14.9 Å². The van der Waals surface area contributed by atoms with Crippen molar-refractivity contribution in [2.45, 2.75) is 19.9 Å². The van der Waals surface area contributed by atoms with E-state index in [0.717, 1.165) is 11.1 Å². The van der Waals surface area contributed by atoms with Gasteiger partial charge < -0.3 is 29.2 Å². The first-order chi connectivity index (χ1) is 13.4. The molecular formula is C19H21N3O6. The molecule has 0 radical (unpaired) electrons. The van der Waals surface area contributed by atoms with Crippen molar-refractivity contribution in [1.29, 1.82) is 0 Å². The van der Waals surface area contributed by atoms with Crippen molar-refractivity contribution in [3.63, 3.8) is 0 Å². The number of carbonyl (C=O) groups is 1. The van der Waals surface area contributed by atoms with Gasteiger partial charge in [-0.1, -0.05) is 0 Å². The number of methoxy groups -OCH3 is 2. The van der Waals surface area contributed by atoms with Crippen molar-refractivity contribution < 1.29 is 23.9 Å². The van der Waals surface area contributed by atoms with Gasteiger partial charge in [0, 0.05) is 20.0 Å². The normalized spacial score (nSPS) is 12.9. The Balaban J connectivity index is 1.69. The highest BCUT2D eigenvalue weighted by atomic mass is 16.6. The highest BCUT2D eigenvalue weighted by molar-refractivity contribution is 5.78. The van der Waals surface area contributed by atoms with Crippen LogP contribution in [0.1, 0.15) is 16.8 Å². The van der Waals surface area contributed by atoms with Gasteiger partial charge in [-0.15, -0.1) is 0 Å². The third kappa shape index (κ3) is 3.98. The number of fused-ring (bicyclic) bond motifs is 1. The van der Waals surface area contributed by atoms with E-state index in [2.05, 4.69) is 4.98 Å². The number of carbonyl (C=O) groups excluding carboxylic acids is 1. The quantitative estimate of drug-likeness (QED) is 0.553. The van der Waals surface area contributed by atoms with Crippen molar-refractivity contribution in [1.82, 2.24) is 9.88 Å². The summed E-state index contributed by atoms with van der Waals surface area (Å²) in [6.45, 7) is 2.29. The van der Waals surface area contributed by atoms with E-state index in [1.165, 1.54) is 6.07 Å². The Morgan fingerprint density at radius 2 is 1.86 bits per heavy atom. The molecule has 1 aromatic carbocycles. The van der Waals surface area contributed by atoms with Crippen LogP contribution in [0.5, 0.6) is 17.2 Å². The van der Waals surface area contributed by atoms with Crippen molar-refractivity contribution in [3.8, 4) is 17.2 Å². The predicted octanol–water partition coefficient (Wildman–Crippen LogP) is 2.28. The minimum atomic E-state index is -0.621. The number of aromatic nitrogens is 1. The molecule has 0 aliphatic carbocycles.